The minimum Gasteiger partial charge on any atom is -0.375 e. The van der Waals surface area contributed by atoms with Crippen molar-refractivity contribution in [2.45, 2.75) is 25.7 Å². The highest BCUT2D eigenvalue weighted by Gasteiger charge is 2.23. The lowest BCUT2D eigenvalue weighted by Crippen LogP contribution is -2.43. The summed E-state index contributed by atoms with van der Waals surface area (Å²) >= 11 is 3.56. The Kier molecular flexibility index (Phi) is 8.46. The third kappa shape index (κ3) is 7.32. The number of halogens is 1. The number of rotatable bonds is 11. The zero-order valence-corrected chi connectivity index (χ0v) is 22.4. The zero-order chi connectivity index (χ0) is 24.8. The van der Waals surface area contributed by atoms with Crippen molar-refractivity contribution in [3.8, 4) is 0 Å². The Bertz CT molecular complexity index is 1080. The van der Waals surface area contributed by atoms with Gasteiger partial charge in [0, 0.05) is 50.8 Å². The summed E-state index contributed by atoms with van der Waals surface area (Å²) in [6.45, 7) is 12.8. The first kappa shape index (κ1) is 25.3. The number of piperazine rings is 1. The van der Waals surface area contributed by atoms with E-state index in [2.05, 4.69) is 96.1 Å². The lowest BCUT2D eigenvalue weighted by molar-refractivity contribution is 0.183. The van der Waals surface area contributed by atoms with Gasteiger partial charge in [-0.2, -0.15) is 4.98 Å². The molecule has 0 atom stereocenters. The van der Waals surface area contributed by atoms with Crippen molar-refractivity contribution in [2.24, 2.45) is 5.92 Å². The summed E-state index contributed by atoms with van der Waals surface area (Å²) in [5.41, 5.74) is 4.59. The van der Waals surface area contributed by atoms with Gasteiger partial charge in [0.2, 0.25) is 5.95 Å². The number of nitrogens with one attached hydrogen (secondary N) is 3. The molecule has 186 valence electrons. The SMILES string of the molecule is C=C(/C=C(\NC)Nc1nc(Nc2cccc(CCC(=C)N3CCN(C)CC3)c2)ncc1Br)C1CC1. The summed E-state index contributed by atoms with van der Waals surface area (Å²) in [4.78, 5) is 13.9. The number of benzene rings is 1. The fraction of sp³-hybridized carbons (Fsp3) is 0.407. The van der Waals surface area contributed by atoms with Gasteiger partial charge in [0.05, 0.1) is 4.47 Å². The second kappa shape index (κ2) is 11.7. The van der Waals surface area contributed by atoms with Crippen LogP contribution in [0.2, 0.25) is 0 Å². The van der Waals surface area contributed by atoms with Crippen molar-refractivity contribution in [3.63, 3.8) is 0 Å². The average Bonchev–Trinajstić information content (AvgIpc) is 3.70. The second-order valence-electron chi connectivity index (χ2n) is 9.35. The van der Waals surface area contributed by atoms with E-state index in [1.807, 2.05) is 13.1 Å². The molecule has 1 saturated heterocycles. The second-order valence-corrected chi connectivity index (χ2v) is 10.2. The largest absolute Gasteiger partial charge is 0.375 e. The quantitative estimate of drug-likeness (QED) is 0.344. The monoisotopic (exact) mass is 537 g/mol. The maximum absolute atomic E-state index is 4.68. The Labute approximate surface area is 217 Å². The highest BCUT2D eigenvalue weighted by molar-refractivity contribution is 9.10. The minimum absolute atomic E-state index is 0.533. The lowest BCUT2D eigenvalue weighted by Gasteiger charge is -2.35. The first-order chi connectivity index (χ1) is 16.9. The minimum atomic E-state index is 0.533. The summed E-state index contributed by atoms with van der Waals surface area (Å²) in [6, 6.07) is 8.43. The number of hydrogen-bond acceptors (Lipinski definition) is 7. The number of hydrogen-bond donors (Lipinski definition) is 3. The highest BCUT2D eigenvalue weighted by atomic mass is 79.9. The van der Waals surface area contributed by atoms with Crippen molar-refractivity contribution in [1.29, 1.82) is 0 Å². The van der Waals surface area contributed by atoms with Crippen LogP contribution in [0.15, 0.2) is 71.3 Å². The third-order valence-corrected chi connectivity index (χ3v) is 7.11. The Morgan fingerprint density at radius 1 is 1.20 bits per heavy atom. The molecule has 8 heteroatoms. The Morgan fingerprint density at radius 3 is 2.69 bits per heavy atom. The van der Waals surface area contributed by atoms with E-state index in [1.54, 1.807) is 6.20 Å². The maximum atomic E-state index is 4.68. The zero-order valence-electron chi connectivity index (χ0n) is 20.8. The van der Waals surface area contributed by atoms with Crippen molar-refractivity contribution >= 4 is 33.4 Å². The van der Waals surface area contributed by atoms with Gasteiger partial charge in [-0.1, -0.05) is 25.3 Å². The molecule has 2 aromatic rings. The molecule has 1 aliphatic heterocycles. The molecule has 0 radical (unpaired) electrons. The van der Waals surface area contributed by atoms with E-state index in [4.69, 9.17) is 0 Å². The molecule has 1 aromatic heterocycles. The first-order valence-corrected chi connectivity index (χ1v) is 13.1. The van der Waals surface area contributed by atoms with E-state index in [9.17, 15) is 0 Å². The molecule has 35 heavy (non-hydrogen) atoms. The van der Waals surface area contributed by atoms with E-state index in [-0.39, 0.29) is 0 Å². The molecule has 0 spiro atoms. The Morgan fingerprint density at radius 2 is 1.97 bits per heavy atom. The van der Waals surface area contributed by atoms with Gasteiger partial charge in [0.25, 0.3) is 0 Å². The number of anilines is 3. The normalized spacial score (nSPS) is 16.7. The molecule has 1 aliphatic carbocycles. The molecular weight excluding hydrogens is 502 g/mol. The average molecular weight is 539 g/mol. The number of allylic oxidation sites excluding steroid dienone is 3. The topological polar surface area (TPSA) is 68.4 Å². The molecule has 0 bridgehead atoms. The molecule has 2 heterocycles. The molecule has 1 aromatic carbocycles. The van der Waals surface area contributed by atoms with Crippen LogP contribution in [-0.2, 0) is 6.42 Å². The fourth-order valence-corrected chi connectivity index (χ4v) is 4.36. The van der Waals surface area contributed by atoms with Crippen molar-refractivity contribution in [3.05, 3.63) is 76.8 Å². The van der Waals surface area contributed by atoms with Gasteiger partial charge in [-0.3, -0.25) is 0 Å². The molecule has 7 nitrogen and oxygen atoms in total. The summed E-state index contributed by atoms with van der Waals surface area (Å²) in [6.07, 6.45) is 8.17. The van der Waals surface area contributed by atoms with Gasteiger partial charge in [0.1, 0.15) is 5.82 Å². The molecule has 0 amide bonds. The standard InChI is InChI=1S/C27H36BrN7/c1-19(22-10-11-22)16-25(29-3)32-26-24(28)18-30-27(33-26)31-23-7-5-6-21(17-23)9-8-20(2)35-14-12-34(4)13-15-35/h5-7,16-18,22,29H,1-2,8-15H2,3-4H3,(H2,30,31,32,33)/b25-16+. The molecular formula is C27H36BrN7. The molecule has 3 N–H and O–H groups in total. The summed E-state index contributed by atoms with van der Waals surface area (Å²) in [5.74, 6) is 2.68. The highest BCUT2D eigenvalue weighted by Crippen LogP contribution is 2.36. The maximum Gasteiger partial charge on any atom is 0.229 e. The van der Waals surface area contributed by atoms with Gasteiger partial charge >= 0.3 is 0 Å². The number of nitrogens with zero attached hydrogens (tertiary/aromatic N) is 4. The van der Waals surface area contributed by atoms with Crippen molar-refractivity contribution < 1.29 is 0 Å². The molecule has 4 rings (SSSR count). The summed E-state index contributed by atoms with van der Waals surface area (Å²) in [7, 11) is 4.06. The smallest absolute Gasteiger partial charge is 0.229 e. The molecule has 2 aliphatic rings. The van der Waals surface area contributed by atoms with Crippen LogP contribution in [0.25, 0.3) is 0 Å². The van der Waals surface area contributed by atoms with Gasteiger partial charge in [-0.15, -0.1) is 0 Å². The predicted molar refractivity (Wildman–Crippen MR) is 149 cm³/mol. The molecule has 2 fully saturated rings. The summed E-state index contributed by atoms with van der Waals surface area (Å²) in [5, 5.41) is 9.89. The Balaban J connectivity index is 1.37. The van der Waals surface area contributed by atoms with Gasteiger partial charge in [-0.25, -0.2) is 4.98 Å². The number of aryl methyl sites for hydroxylation is 1. The molecule has 0 unspecified atom stereocenters. The number of aromatic nitrogens is 2. The van der Waals surface area contributed by atoms with Crippen LogP contribution < -0.4 is 16.0 Å². The number of likely N-dealkylation sites (N-methyl/N-ethyl adjacent to an activating group) is 1. The van der Waals surface area contributed by atoms with Crippen LogP contribution in [-0.4, -0.2) is 60.0 Å². The molecule has 1 saturated carbocycles. The van der Waals surface area contributed by atoms with Crippen molar-refractivity contribution in [1.82, 2.24) is 25.1 Å². The fourth-order valence-electron chi connectivity index (χ4n) is 4.07. The predicted octanol–water partition coefficient (Wildman–Crippen LogP) is 5.12. The van der Waals surface area contributed by atoms with Crippen LogP contribution in [0.5, 0.6) is 0 Å². The van der Waals surface area contributed by atoms with Crippen LogP contribution in [0.4, 0.5) is 17.5 Å². The van der Waals surface area contributed by atoms with E-state index in [1.165, 1.54) is 24.1 Å². The summed E-state index contributed by atoms with van der Waals surface area (Å²) < 4.78 is 0.789. The van der Waals surface area contributed by atoms with Crippen LogP contribution >= 0.6 is 15.9 Å². The Hall–Kier alpha value is -2.84. The van der Waals surface area contributed by atoms with Gasteiger partial charge in [0.15, 0.2) is 5.82 Å². The van der Waals surface area contributed by atoms with E-state index in [0.717, 1.165) is 60.6 Å². The van der Waals surface area contributed by atoms with E-state index >= 15 is 0 Å². The van der Waals surface area contributed by atoms with E-state index < -0.39 is 0 Å². The third-order valence-electron chi connectivity index (χ3n) is 6.53. The van der Waals surface area contributed by atoms with Crippen LogP contribution in [0.1, 0.15) is 24.8 Å². The van der Waals surface area contributed by atoms with E-state index in [0.29, 0.717) is 17.7 Å². The first-order valence-electron chi connectivity index (χ1n) is 12.3. The van der Waals surface area contributed by atoms with Crippen LogP contribution in [0, 0.1) is 5.92 Å². The van der Waals surface area contributed by atoms with Gasteiger partial charge in [-0.05, 0) is 83.9 Å². The van der Waals surface area contributed by atoms with Crippen molar-refractivity contribution in [2.75, 3.05) is 50.9 Å². The van der Waals surface area contributed by atoms with Gasteiger partial charge < -0.3 is 25.8 Å². The lowest BCUT2D eigenvalue weighted by atomic mass is 10.1. The van der Waals surface area contributed by atoms with Crippen LogP contribution in [0.3, 0.4) is 0 Å².